The zero-order valence-corrected chi connectivity index (χ0v) is 17.1. The van der Waals surface area contributed by atoms with E-state index in [1.54, 1.807) is 16.9 Å². The van der Waals surface area contributed by atoms with Crippen molar-refractivity contribution in [3.8, 4) is 28.1 Å². The van der Waals surface area contributed by atoms with Gasteiger partial charge in [-0.1, -0.05) is 6.07 Å². The van der Waals surface area contributed by atoms with Gasteiger partial charge in [0.2, 0.25) is 0 Å². The summed E-state index contributed by atoms with van der Waals surface area (Å²) in [4.78, 5) is 4.59. The fraction of sp³-hybridized carbons (Fsp3) is 0.364. The molecule has 2 N–H and O–H groups in total. The Morgan fingerprint density at radius 2 is 1.94 bits per heavy atom. The Bertz CT molecular complexity index is 1250. The molecule has 2 saturated heterocycles. The lowest BCUT2D eigenvalue weighted by Gasteiger charge is -2.40. The number of rotatable bonds is 3. The number of ether oxygens (including phenoxy) is 1. The molecule has 0 aliphatic carbocycles. The lowest BCUT2D eigenvalue weighted by atomic mass is 9.92. The van der Waals surface area contributed by atoms with E-state index in [1.807, 2.05) is 37.8 Å². The zero-order chi connectivity index (χ0) is 20.9. The molecule has 2 aliphatic rings. The lowest BCUT2D eigenvalue weighted by molar-refractivity contribution is 0.0105. The third kappa shape index (κ3) is 3.26. The molecule has 2 unspecified atom stereocenters. The summed E-state index contributed by atoms with van der Waals surface area (Å²) in [5.41, 5.74) is 4.63. The van der Waals surface area contributed by atoms with Gasteiger partial charge in [0.05, 0.1) is 31.4 Å². The molecule has 31 heavy (non-hydrogen) atoms. The van der Waals surface area contributed by atoms with Crippen molar-refractivity contribution in [3.63, 3.8) is 0 Å². The molecule has 2 bridgehead atoms. The number of nitrogens with zero attached hydrogens (tertiary/aromatic N) is 6. The fourth-order valence-electron chi connectivity index (χ4n) is 4.76. The van der Waals surface area contributed by atoms with E-state index in [1.165, 1.54) is 0 Å². The number of hydrogen-bond acceptors (Lipinski definition) is 7. The largest absolute Gasteiger partial charge is 0.507 e. The van der Waals surface area contributed by atoms with Gasteiger partial charge in [-0.05, 0) is 36.6 Å². The average Bonchev–Trinajstić information content (AvgIpc) is 3.39. The standard InChI is InChI=1S/C22H23N7O2/c1-28-9-14(8-24-28)13-2-3-18(21(30)4-13)19-7-20-22(27-26-19)29(12-23-20)17-5-15-10-31-11-16(6-17)25-15/h2-4,7-9,12,15-17,25,30H,5-6,10-11H2,1H3/t15-,16?,17?/m1/s1. The Kier molecular flexibility index (Phi) is 4.25. The number of morpholine rings is 1. The molecular weight excluding hydrogens is 394 g/mol. The van der Waals surface area contributed by atoms with E-state index < -0.39 is 0 Å². The van der Waals surface area contributed by atoms with Gasteiger partial charge in [-0.3, -0.25) is 4.68 Å². The monoisotopic (exact) mass is 417 g/mol. The Hall–Kier alpha value is -3.30. The number of piperidine rings is 1. The van der Waals surface area contributed by atoms with Crippen molar-refractivity contribution in [2.75, 3.05) is 13.2 Å². The summed E-state index contributed by atoms with van der Waals surface area (Å²) in [6.45, 7) is 1.51. The Labute approximate surface area is 178 Å². The van der Waals surface area contributed by atoms with E-state index in [0.29, 0.717) is 29.4 Å². The first-order valence-corrected chi connectivity index (χ1v) is 10.5. The number of benzene rings is 1. The number of phenolic OH excluding ortho intramolecular Hbond substituents is 1. The fourth-order valence-corrected chi connectivity index (χ4v) is 4.76. The van der Waals surface area contributed by atoms with Crippen LogP contribution in [0.4, 0.5) is 0 Å². The average molecular weight is 417 g/mol. The van der Waals surface area contributed by atoms with Gasteiger partial charge in [0.15, 0.2) is 5.65 Å². The number of imidazole rings is 1. The molecule has 4 aromatic rings. The number of fused-ring (bicyclic) bond motifs is 3. The van der Waals surface area contributed by atoms with Gasteiger partial charge in [-0.2, -0.15) is 5.10 Å². The molecule has 6 rings (SSSR count). The highest BCUT2D eigenvalue weighted by molar-refractivity contribution is 5.79. The van der Waals surface area contributed by atoms with Crippen molar-refractivity contribution < 1.29 is 9.84 Å². The van der Waals surface area contributed by atoms with Gasteiger partial charge in [0.25, 0.3) is 0 Å². The second kappa shape index (κ2) is 7.14. The highest BCUT2D eigenvalue weighted by Gasteiger charge is 2.33. The van der Waals surface area contributed by atoms with Gasteiger partial charge in [-0.15, -0.1) is 10.2 Å². The highest BCUT2D eigenvalue weighted by atomic mass is 16.5. The van der Waals surface area contributed by atoms with E-state index in [4.69, 9.17) is 4.74 Å². The van der Waals surface area contributed by atoms with Crippen molar-refractivity contribution in [2.45, 2.75) is 31.0 Å². The van der Waals surface area contributed by atoms with Gasteiger partial charge >= 0.3 is 0 Å². The van der Waals surface area contributed by atoms with Gasteiger partial charge < -0.3 is 19.7 Å². The van der Waals surface area contributed by atoms with Crippen molar-refractivity contribution in [2.24, 2.45) is 7.05 Å². The molecule has 2 fully saturated rings. The second-order valence-electron chi connectivity index (χ2n) is 8.45. The molecule has 3 atom stereocenters. The van der Waals surface area contributed by atoms with E-state index in [-0.39, 0.29) is 5.75 Å². The Balaban J connectivity index is 1.31. The summed E-state index contributed by atoms with van der Waals surface area (Å²) in [5.74, 6) is 0.153. The molecule has 0 saturated carbocycles. The SMILES string of the molecule is Cn1cc(-c2ccc(-c3cc4ncn(C5CC6COC[C@@H](C5)N6)c4nn3)c(O)c2)cn1. The van der Waals surface area contributed by atoms with Gasteiger partial charge in [0.1, 0.15) is 11.3 Å². The van der Waals surface area contributed by atoms with Crippen molar-refractivity contribution in [1.82, 2.24) is 34.8 Å². The van der Waals surface area contributed by atoms with Crippen LogP contribution in [-0.4, -0.2) is 59.9 Å². The molecule has 158 valence electrons. The maximum atomic E-state index is 10.6. The number of aromatic nitrogens is 6. The second-order valence-corrected chi connectivity index (χ2v) is 8.45. The molecule has 5 heterocycles. The minimum atomic E-state index is 0.153. The maximum Gasteiger partial charge on any atom is 0.182 e. The van der Waals surface area contributed by atoms with Crippen LogP contribution in [0.2, 0.25) is 0 Å². The molecule has 0 spiro atoms. The van der Waals surface area contributed by atoms with Crippen molar-refractivity contribution >= 4 is 11.2 Å². The molecular formula is C22H23N7O2. The van der Waals surface area contributed by atoms with E-state index in [0.717, 1.165) is 48.3 Å². The van der Waals surface area contributed by atoms with Crippen LogP contribution in [0.5, 0.6) is 5.75 Å². The predicted molar refractivity (Wildman–Crippen MR) is 114 cm³/mol. The van der Waals surface area contributed by atoms with Crippen LogP contribution in [0.25, 0.3) is 33.5 Å². The summed E-state index contributed by atoms with van der Waals surface area (Å²) in [6.07, 6.45) is 7.52. The third-order valence-corrected chi connectivity index (χ3v) is 6.25. The van der Waals surface area contributed by atoms with Crippen LogP contribution in [-0.2, 0) is 11.8 Å². The normalized spacial score (nSPS) is 23.3. The molecule has 3 aromatic heterocycles. The van der Waals surface area contributed by atoms with Crippen LogP contribution in [0.3, 0.4) is 0 Å². The molecule has 2 aliphatic heterocycles. The number of aromatic hydroxyl groups is 1. The summed E-state index contributed by atoms with van der Waals surface area (Å²) < 4.78 is 9.54. The van der Waals surface area contributed by atoms with Gasteiger partial charge in [0, 0.05) is 42.5 Å². The smallest absolute Gasteiger partial charge is 0.182 e. The first-order valence-electron chi connectivity index (χ1n) is 10.5. The highest BCUT2D eigenvalue weighted by Crippen LogP contribution is 2.34. The predicted octanol–water partition coefficient (Wildman–Crippen LogP) is 2.29. The van der Waals surface area contributed by atoms with Crippen LogP contribution < -0.4 is 5.32 Å². The molecule has 1 aromatic carbocycles. The maximum absolute atomic E-state index is 10.6. The Morgan fingerprint density at radius 1 is 1.10 bits per heavy atom. The summed E-state index contributed by atoms with van der Waals surface area (Å²) in [6, 6.07) is 8.51. The van der Waals surface area contributed by atoms with E-state index in [9.17, 15) is 5.11 Å². The topological polar surface area (TPSA) is 103 Å². The van der Waals surface area contributed by atoms with Crippen LogP contribution in [0.1, 0.15) is 18.9 Å². The first-order chi connectivity index (χ1) is 15.1. The number of nitrogens with one attached hydrogen (secondary N) is 1. The first kappa shape index (κ1) is 18.5. The van der Waals surface area contributed by atoms with Crippen LogP contribution >= 0.6 is 0 Å². The summed E-state index contributed by atoms with van der Waals surface area (Å²) in [7, 11) is 1.87. The number of aryl methyl sites for hydroxylation is 1. The zero-order valence-electron chi connectivity index (χ0n) is 17.1. The molecule has 0 amide bonds. The minimum Gasteiger partial charge on any atom is -0.507 e. The van der Waals surface area contributed by atoms with Crippen LogP contribution in [0, 0.1) is 0 Å². The van der Waals surface area contributed by atoms with E-state index >= 15 is 0 Å². The summed E-state index contributed by atoms with van der Waals surface area (Å²) >= 11 is 0. The minimum absolute atomic E-state index is 0.153. The van der Waals surface area contributed by atoms with Crippen LogP contribution in [0.15, 0.2) is 43.0 Å². The molecule has 9 heteroatoms. The summed E-state index contributed by atoms with van der Waals surface area (Å²) in [5, 5.41) is 27.4. The van der Waals surface area contributed by atoms with Crippen molar-refractivity contribution in [3.05, 3.63) is 43.0 Å². The quantitative estimate of drug-likeness (QED) is 0.527. The van der Waals surface area contributed by atoms with Crippen molar-refractivity contribution in [1.29, 1.82) is 0 Å². The molecule has 9 nitrogen and oxygen atoms in total. The number of phenols is 1. The lowest BCUT2D eigenvalue weighted by Crippen LogP contribution is -2.54. The number of hydrogen-bond donors (Lipinski definition) is 2. The molecule has 0 radical (unpaired) electrons. The third-order valence-electron chi connectivity index (χ3n) is 6.25. The van der Waals surface area contributed by atoms with E-state index in [2.05, 4.69) is 30.2 Å². The van der Waals surface area contributed by atoms with Gasteiger partial charge in [-0.25, -0.2) is 4.98 Å². The Morgan fingerprint density at radius 3 is 2.68 bits per heavy atom.